The Morgan fingerprint density at radius 1 is 1.38 bits per heavy atom. The number of amides is 2. The van der Waals surface area contributed by atoms with Crippen molar-refractivity contribution >= 4 is 12.0 Å². The summed E-state index contributed by atoms with van der Waals surface area (Å²) in [6, 6.07) is -0.163. The third kappa shape index (κ3) is 3.47. The van der Waals surface area contributed by atoms with Crippen LogP contribution in [0.15, 0.2) is 0 Å². The minimum absolute atomic E-state index is 0.0790. The van der Waals surface area contributed by atoms with E-state index < -0.39 is 12.1 Å². The Labute approximate surface area is 124 Å². The maximum atomic E-state index is 11.9. The van der Waals surface area contributed by atoms with Crippen LogP contribution in [0.2, 0.25) is 0 Å². The van der Waals surface area contributed by atoms with Gasteiger partial charge in [0, 0.05) is 25.1 Å². The lowest BCUT2D eigenvalue weighted by Gasteiger charge is -2.51. The van der Waals surface area contributed by atoms with Crippen molar-refractivity contribution in [3.05, 3.63) is 0 Å². The number of methoxy groups -OCH3 is 1. The number of ether oxygens (including phenoxy) is 2. The van der Waals surface area contributed by atoms with Gasteiger partial charge in [-0.05, 0) is 19.3 Å². The van der Waals surface area contributed by atoms with Crippen molar-refractivity contribution in [3.8, 4) is 0 Å². The molecule has 120 valence electrons. The van der Waals surface area contributed by atoms with E-state index >= 15 is 0 Å². The summed E-state index contributed by atoms with van der Waals surface area (Å²) < 4.78 is 10.7. The first-order chi connectivity index (χ1) is 9.84. The van der Waals surface area contributed by atoms with Crippen LogP contribution in [0.1, 0.15) is 33.1 Å². The third-order valence-corrected chi connectivity index (χ3v) is 4.64. The standard InChI is InChI=1S/C14H24N2O5/c1-14(2)10(6-11(14)20-3)16-13(19)15-7-8-4-5-9(21-8)12(17)18/h8-11H,4-7H2,1-3H3,(H,17,18)(H2,15,16,19). The topological polar surface area (TPSA) is 96.9 Å². The Hall–Kier alpha value is -1.34. The predicted octanol–water partition coefficient (Wildman–Crippen LogP) is 0.731. The molecule has 2 rings (SSSR count). The van der Waals surface area contributed by atoms with Crippen molar-refractivity contribution in [3.63, 3.8) is 0 Å². The van der Waals surface area contributed by atoms with E-state index in [4.69, 9.17) is 14.6 Å². The smallest absolute Gasteiger partial charge is 0.332 e. The molecule has 4 unspecified atom stereocenters. The van der Waals surface area contributed by atoms with Gasteiger partial charge < -0.3 is 25.2 Å². The molecule has 7 heteroatoms. The molecule has 2 fully saturated rings. The molecule has 0 bridgehead atoms. The number of hydrogen-bond acceptors (Lipinski definition) is 4. The van der Waals surface area contributed by atoms with Crippen molar-refractivity contribution in [1.82, 2.24) is 10.6 Å². The molecule has 0 aromatic rings. The van der Waals surface area contributed by atoms with Crippen LogP contribution in [0, 0.1) is 5.41 Å². The summed E-state index contributed by atoms with van der Waals surface area (Å²) in [5, 5.41) is 14.5. The van der Waals surface area contributed by atoms with Crippen LogP contribution in [-0.4, -0.2) is 55.1 Å². The zero-order valence-corrected chi connectivity index (χ0v) is 12.7. The molecule has 7 nitrogen and oxygen atoms in total. The molecule has 3 N–H and O–H groups in total. The van der Waals surface area contributed by atoms with Crippen LogP contribution in [0.3, 0.4) is 0 Å². The van der Waals surface area contributed by atoms with Gasteiger partial charge in [-0.1, -0.05) is 13.8 Å². The first-order valence-electron chi connectivity index (χ1n) is 7.30. The molecular formula is C14H24N2O5. The second-order valence-corrected chi connectivity index (χ2v) is 6.35. The highest BCUT2D eigenvalue weighted by Gasteiger charge is 2.49. The number of carboxylic acids is 1. The van der Waals surface area contributed by atoms with Gasteiger partial charge in [0.15, 0.2) is 6.10 Å². The predicted molar refractivity (Wildman–Crippen MR) is 75.0 cm³/mol. The van der Waals surface area contributed by atoms with Gasteiger partial charge in [-0.15, -0.1) is 0 Å². The van der Waals surface area contributed by atoms with Crippen molar-refractivity contribution in [2.45, 2.75) is 57.5 Å². The van der Waals surface area contributed by atoms with Crippen LogP contribution in [0.4, 0.5) is 4.79 Å². The van der Waals surface area contributed by atoms with Crippen LogP contribution >= 0.6 is 0 Å². The van der Waals surface area contributed by atoms with Gasteiger partial charge in [0.05, 0.1) is 12.2 Å². The summed E-state index contributed by atoms with van der Waals surface area (Å²) in [7, 11) is 1.68. The number of carboxylic acid groups (broad SMARTS) is 1. The zero-order valence-electron chi connectivity index (χ0n) is 12.7. The quantitative estimate of drug-likeness (QED) is 0.695. The van der Waals surface area contributed by atoms with E-state index in [-0.39, 0.29) is 29.7 Å². The first-order valence-corrected chi connectivity index (χ1v) is 7.30. The maximum absolute atomic E-state index is 11.9. The Balaban J connectivity index is 1.68. The molecule has 1 saturated carbocycles. The number of carbonyl (C=O) groups is 2. The van der Waals surface area contributed by atoms with Gasteiger partial charge >= 0.3 is 12.0 Å². The fraction of sp³-hybridized carbons (Fsp3) is 0.857. The Morgan fingerprint density at radius 2 is 2.10 bits per heavy atom. The monoisotopic (exact) mass is 300 g/mol. The van der Waals surface area contributed by atoms with E-state index in [9.17, 15) is 9.59 Å². The van der Waals surface area contributed by atoms with Crippen LogP contribution < -0.4 is 10.6 Å². The van der Waals surface area contributed by atoms with E-state index in [2.05, 4.69) is 24.5 Å². The lowest BCUT2D eigenvalue weighted by molar-refractivity contribution is -0.149. The van der Waals surface area contributed by atoms with Gasteiger partial charge in [-0.25, -0.2) is 9.59 Å². The van der Waals surface area contributed by atoms with Gasteiger partial charge in [-0.3, -0.25) is 0 Å². The number of hydrogen-bond donors (Lipinski definition) is 3. The van der Waals surface area contributed by atoms with Crippen LogP contribution in [-0.2, 0) is 14.3 Å². The maximum Gasteiger partial charge on any atom is 0.332 e. The second kappa shape index (κ2) is 6.19. The second-order valence-electron chi connectivity index (χ2n) is 6.35. The van der Waals surface area contributed by atoms with Crippen molar-refractivity contribution in [2.75, 3.05) is 13.7 Å². The summed E-state index contributed by atoms with van der Waals surface area (Å²) in [5.74, 6) is -0.941. The van der Waals surface area contributed by atoms with E-state index in [1.807, 2.05) is 0 Å². The molecule has 0 spiro atoms. The molecule has 1 aliphatic heterocycles. The van der Waals surface area contributed by atoms with E-state index in [1.165, 1.54) is 0 Å². The summed E-state index contributed by atoms with van der Waals surface area (Å²) in [6.45, 7) is 4.46. The van der Waals surface area contributed by atoms with Gasteiger partial charge in [0.2, 0.25) is 0 Å². The number of urea groups is 1. The molecule has 21 heavy (non-hydrogen) atoms. The van der Waals surface area contributed by atoms with Crippen molar-refractivity contribution in [2.24, 2.45) is 5.41 Å². The Kier molecular flexibility index (Phi) is 4.73. The molecule has 0 radical (unpaired) electrons. The molecule has 0 aromatic carbocycles. The lowest BCUT2D eigenvalue weighted by Crippen LogP contribution is -2.63. The number of aliphatic carboxylic acids is 1. The minimum atomic E-state index is -0.941. The summed E-state index contributed by atoms with van der Waals surface area (Å²) in [6.07, 6.45) is 1.15. The van der Waals surface area contributed by atoms with Crippen molar-refractivity contribution in [1.29, 1.82) is 0 Å². The van der Waals surface area contributed by atoms with E-state index in [0.29, 0.717) is 19.4 Å². The summed E-state index contributed by atoms with van der Waals surface area (Å²) in [5.41, 5.74) is -0.0790. The first kappa shape index (κ1) is 16.0. The molecule has 1 aliphatic carbocycles. The summed E-state index contributed by atoms with van der Waals surface area (Å²) in [4.78, 5) is 22.6. The lowest BCUT2D eigenvalue weighted by atomic mass is 9.64. The van der Waals surface area contributed by atoms with Gasteiger partial charge in [0.25, 0.3) is 0 Å². The van der Waals surface area contributed by atoms with E-state index in [0.717, 1.165) is 6.42 Å². The summed E-state index contributed by atoms with van der Waals surface area (Å²) >= 11 is 0. The fourth-order valence-corrected chi connectivity index (χ4v) is 2.98. The van der Waals surface area contributed by atoms with Gasteiger partial charge in [-0.2, -0.15) is 0 Å². The largest absolute Gasteiger partial charge is 0.479 e. The molecule has 0 aromatic heterocycles. The van der Waals surface area contributed by atoms with Gasteiger partial charge in [0.1, 0.15) is 0 Å². The number of nitrogens with one attached hydrogen (secondary N) is 2. The highest BCUT2D eigenvalue weighted by Crippen LogP contribution is 2.42. The third-order valence-electron chi connectivity index (χ3n) is 4.64. The highest BCUT2D eigenvalue weighted by atomic mass is 16.5. The fourth-order valence-electron chi connectivity index (χ4n) is 2.98. The Bertz CT molecular complexity index is 412. The average Bonchev–Trinajstić information content (AvgIpc) is 2.89. The highest BCUT2D eigenvalue weighted by molar-refractivity contribution is 5.74. The van der Waals surface area contributed by atoms with Crippen molar-refractivity contribution < 1.29 is 24.2 Å². The molecule has 2 aliphatic rings. The molecule has 4 atom stereocenters. The zero-order chi connectivity index (χ0) is 15.6. The number of rotatable bonds is 5. The molecule has 1 saturated heterocycles. The normalized spacial score (nSPS) is 34.0. The Morgan fingerprint density at radius 3 is 2.62 bits per heavy atom. The SMILES string of the molecule is COC1CC(NC(=O)NCC2CCC(C(=O)O)O2)C1(C)C. The minimum Gasteiger partial charge on any atom is -0.479 e. The number of carbonyl (C=O) groups excluding carboxylic acids is 1. The van der Waals surface area contributed by atoms with E-state index in [1.54, 1.807) is 7.11 Å². The molecular weight excluding hydrogens is 276 g/mol. The molecule has 1 heterocycles. The average molecular weight is 300 g/mol. The van der Waals surface area contributed by atoms with Crippen LogP contribution in [0.5, 0.6) is 0 Å². The molecule has 2 amide bonds. The van der Waals surface area contributed by atoms with Crippen LogP contribution in [0.25, 0.3) is 0 Å².